The van der Waals surface area contributed by atoms with Crippen molar-refractivity contribution in [2.24, 2.45) is 5.10 Å². The highest BCUT2D eigenvalue weighted by atomic mass is 35.5. The molecule has 9 heteroatoms. The summed E-state index contributed by atoms with van der Waals surface area (Å²) in [6.07, 6.45) is 1.48. The minimum absolute atomic E-state index is 0.0946. The second-order valence-corrected chi connectivity index (χ2v) is 11.2. The van der Waals surface area contributed by atoms with Crippen molar-refractivity contribution in [1.82, 2.24) is 5.43 Å². The van der Waals surface area contributed by atoms with Crippen LogP contribution in [0.3, 0.4) is 0 Å². The molecule has 39 heavy (non-hydrogen) atoms. The number of aryl methyl sites for hydroxylation is 2. The number of rotatable bonds is 10. The molecule has 0 radical (unpaired) electrons. The smallest absolute Gasteiger partial charge is 0.264 e. The molecule has 4 rings (SSSR count). The molecule has 0 unspecified atom stereocenters. The molecule has 0 aliphatic rings. The first kappa shape index (κ1) is 27.9. The molecule has 4 aromatic carbocycles. The molecule has 0 atom stereocenters. The monoisotopic (exact) mass is 561 g/mol. The molecule has 0 aliphatic heterocycles. The Bertz CT molecular complexity index is 1570. The summed E-state index contributed by atoms with van der Waals surface area (Å²) in [5.74, 6) is 0.0942. The number of hydrazone groups is 1. The van der Waals surface area contributed by atoms with Gasteiger partial charge in [-0.05, 0) is 96.8 Å². The van der Waals surface area contributed by atoms with E-state index in [0.717, 1.165) is 26.6 Å². The third-order valence-corrected chi connectivity index (χ3v) is 8.00. The van der Waals surface area contributed by atoms with Gasteiger partial charge in [0, 0.05) is 5.02 Å². The number of sulfonamides is 1. The van der Waals surface area contributed by atoms with Crippen LogP contribution in [0.15, 0.2) is 107 Å². The van der Waals surface area contributed by atoms with Gasteiger partial charge in [0.15, 0.2) is 0 Å². The largest absolute Gasteiger partial charge is 0.489 e. The van der Waals surface area contributed by atoms with E-state index < -0.39 is 22.5 Å². The van der Waals surface area contributed by atoms with E-state index in [1.807, 2.05) is 38.1 Å². The Hall–Kier alpha value is -4.14. The van der Waals surface area contributed by atoms with Crippen LogP contribution in [0.1, 0.15) is 22.3 Å². The number of carbonyl (C=O) groups excluding carboxylic acids is 1. The SMILES string of the molecule is Cc1ccc(N(CC(=O)NN=Cc2ccc(OCc3cccc(Cl)c3)cc2)S(=O)(=O)c2ccccc2)cc1C. The number of hydrogen-bond donors (Lipinski definition) is 1. The van der Waals surface area contributed by atoms with E-state index in [-0.39, 0.29) is 4.90 Å². The van der Waals surface area contributed by atoms with Gasteiger partial charge in [0.05, 0.1) is 16.8 Å². The first-order chi connectivity index (χ1) is 18.7. The van der Waals surface area contributed by atoms with Gasteiger partial charge < -0.3 is 4.74 Å². The highest BCUT2D eigenvalue weighted by molar-refractivity contribution is 7.92. The first-order valence-electron chi connectivity index (χ1n) is 12.2. The molecule has 0 spiro atoms. The fourth-order valence-corrected chi connectivity index (χ4v) is 5.35. The lowest BCUT2D eigenvalue weighted by Crippen LogP contribution is -2.39. The molecule has 4 aromatic rings. The lowest BCUT2D eigenvalue weighted by molar-refractivity contribution is -0.119. The van der Waals surface area contributed by atoms with Gasteiger partial charge in [0.25, 0.3) is 15.9 Å². The Kier molecular flexibility index (Phi) is 9.01. The lowest BCUT2D eigenvalue weighted by atomic mass is 10.1. The highest BCUT2D eigenvalue weighted by Crippen LogP contribution is 2.25. The summed E-state index contributed by atoms with van der Waals surface area (Å²) < 4.78 is 33.8. The van der Waals surface area contributed by atoms with E-state index in [4.69, 9.17) is 16.3 Å². The molecule has 0 aliphatic carbocycles. The summed E-state index contributed by atoms with van der Waals surface area (Å²) in [4.78, 5) is 12.9. The maximum Gasteiger partial charge on any atom is 0.264 e. The standard InChI is InChI=1S/C30H28ClN3O4S/c1-22-11-14-27(17-23(22)2)34(39(36,37)29-9-4-3-5-10-29)20-30(35)33-32-19-24-12-15-28(16-13-24)38-21-25-7-6-8-26(31)18-25/h3-19H,20-21H2,1-2H3,(H,33,35). The van der Waals surface area contributed by atoms with Crippen LogP contribution in [0, 0.1) is 13.8 Å². The van der Waals surface area contributed by atoms with Crippen molar-refractivity contribution < 1.29 is 17.9 Å². The molecule has 0 saturated heterocycles. The van der Waals surface area contributed by atoms with Crippen molar-refractivity contribution in [3.05, 3.63) is 124 Å². The van der Waals surface area contributed by atoms with Crippen LogP contribution in [0.2, 0.25) is 5.02 Å². The van der Waals surface area contributed by atoms with Gasteiger partial charge in [-0.15, -0.1) is 0 Å². The molecule has 0 fully saturated rings. The van der Waals surface area contributed by atoms with Gasteiger partial charge in [-0.1, -0.05) is 48.0 Å². The van der Waals surface area contributed by atoms with Crippen molar-refractivity contribution in [2.75, 3.05) is 10.8 Å². The lowest BCUT2D eigenvalue weighted by Gasteiger charge is -2.24. The van der Waals surface area contributed by atoms with Crippen LogP contribution in [0.4, 0.5) is 5.69 Å². The van der Waals surface area contributed by atoms with Crippen molar-refractivity contribution >= 4 is 39.4 Å². The summed E-state index contributed by atoms with van der Waals surface area (Å²) in [6.45, 7) is 3.78. The molecule has 0 bridgehead atoms. The molecule has 1 amide bonds. The zero-order chi connectivity index (χ0) is 27.8. The number of carbonyl (C=O) groups is 1. The second kappa shape index (κ2) is 12.6. The van der Waals surface area contributed by atoms with Gasteiger partial charge in [-0.3, -0.25) is 9.10 Å². The van der Waals surface area contributed by atoms with Crippen LogP contribution in [-0.2, 0) is 21.4 Å². The molecular formula is C30H28ClN3O4S. The van der Waals surface area contributed by atoms with Gasteiger partial charge in [-0.2, -0.15) is 5.10 Å². The molecule has 7 nitrogen and oxygen atoms in total. The van der Waals surface area contributed by atoms with E-state index in [1.54, 1.807) is 60.7 Å². The van der Waals surface area contributed by atoms with Crippen molar-refractivity contribution in [3.8, 4) is 5.75 Å². The maximum absolute atomic E-state index is 13.4. The second-order valence-electron chi connectivity index (χ2n) is 8.87. The summed E-state index contributed by atoms with van der Waals surface area (Å²) in [7, 11) is -3.99. The summed E-state index contributed by atoms with van der Waals surface area (Å²) in [6, 6.07) is 27.9. The van der Waals surface area contributed by atoms with E-state index in [1.165, 1.54) is 18.3 Å². The van der Waals surface area contributed by atoms with Crippen molar-refractivity contribution in [1.29, 1.82) is 0 Å². The first-order valence-corrected chi connectivity index (χ1v) is 14.0. The van der Waals surface area contributed by atoms with Crippen LogP contribution in [-0.4, -0.2) is 27.1 Å². The predicted octanol–water partition coefficient (Wildman–Crippen LogP) is 5.88. The third-order valence-electron chi connectivity index (χ3n) is 5.97. The van der Waals surface area contributed by atoms with Crippen molar-refractivity contribution in [2.45, 2.75) is 25.3 Å². The van der Waals surface area contributed by atoms with E-state index in [2.05, 4.69) is 10.5 Å². The highest BCUT2D eigenvalue weighted by Gasteiger charge is 2.27. The van der Waals surface area contributed by atoms with Crippen molar-refractivity contribution in [3.63, 3.8) is 0 Å². The van der Waals surface area contributed by atoms with Gasteiger partial charge in [0.1, 0.15) is 18.9 Å². The predicted molar refractivity (Wildman–Crippen MR) is 155 cm³/mol. The minimum Gasteiger partial charge on any atom is -0.489 e. The number of nitrogens with one attached hydrogen (secondary N) is 1. The number of ether oxygens (including phenoxy) is 1. The van der Waals surface area contributed by atoms with Crippen LogP contribution in [0.5, 0.6) is 5.75 Å². The van der Waals surface area contributed by atoms with Crippen LogP contribution < -0.4 is 14.5 Å². The van der Waals surface area contributed by atoms with E-state index in [0.29, 0.717) is 23.1 Å². The average Bonchev–Trinajstić information content (AvgIpc) is 2.93. The molecule has 0 aromatic heterocycles. The average molecular weight is 562 g/mol. The van der Waals surface area contributed by atoms with Gasteiger partial charge in [0.2, 0.25) is 0 Å². The number of hydrogen-bond acceptors (Lipinski definition) is 5. The number of amides is 1. The molecular weight excluding hydrogens is 534 g/mol. The zero-order valence-corrected chi connectivity index (χ0v) is 23.1. The fraction of sp³-hybridized carbons (Fsp3) is 0.133. The molecule has 200 valence electrons. The molecule has 0 saturated carbocycles. The van der Waals surface area contributed by atoms with Gasteiger partial charge >= 0.3 is 0 Å². The Morgan fingerprint density at radius 3 is 2.36 bits per heavy atom. The number of benzene rings is 4. The van der Waals surface area contributed by atoms with Gasteiger partial charge in [-0.25, -0.2) is 13.8 Å². The summed E-state index contributed by atoms with van der Waals surface area (Å²) >= 11 is 6.01. The van der Waals surface area contributed by atoms with E-state index >= 15 is 0 Å². The molecule has 0 heterocycles. The number of nitrogens with zero attached hydrogens (tertiary/aromatic N) is 2. The Morgan fingerprint density at radius 2 is 1.67 bits per heavy atom. The maximum atomic E-state index is 13.4. The number of anilines is 1. The Morgan fingerprint density at radius 1 is 0.923 bits per heavy atom. The topological polar surface area (TPSA) is 88.1 Å². The Labute approximate surface area is 233 Å². The zero-order valence-electron chi connectivity index (χ0n) is 21.5. The molecule has 1 N–H and O–H groups in total. The van der Waals surface area contributed by atoms with Crippen LogP contribution >= 0.6 is 11.6 Å². The minimum atomic E-state index is -3.99. The normalized spacial score (nSPS) is 11.4. The fourth-order valence-electron chi connectivity index (χ4n) is 3.70. The Balaban J connectivity index is 1.41. The van der Waals surface area contributed by atoms with Crippen LogP contribution in [0.25, 0.3) is 0 Å². The summed E-state index contributed by atoms with van der Waals surface area (Å²) in [5, 5.41) is 4.66. The van der Waals surface area contributed by atoms with E-state index in [9.17, 15) is 13.2 Å². The quantitative estimate of drug-likeness (QED) is 0.193. The summed E-state index contributed by atoms with van der Waals surface area (Å²) in [5.41, 5.74) is 6.45. The third kappa shape index (κ3) is 7.46. The number of halogens is 1.